The molecular weight excluding hydrogens is 440 g/mol. The van der Waals surface area contributed by atoms with Crippen LogP contribution in [0.1, 0.15) is 56.0 Å². The maximum atomic E-state index is 11.9. The van der Waals surface area contributed by atoms with Crippen molar-refractivity contribution in [3.8, 4) is 5.69 Å². The molecule has 3 rings (SSSR count). The molecule has 170 valence electrons. The minimum Gasteiger partial charge on any atom is -0.356 e. The third-order valence-corrected chi connectivity index (χ3v) is 6.40. The van der Waals surface area contributed by atoms with Crippen LogP contribution in [0.25, 0.3) is 5.69 Å². The van der Waals surface area contributed by atoms with E-state index < -0.39 is 0 Å². The molecule has 0 saturated heterocycles. The van der Waals surface area contributed by atoms with E-state index in [1.165, 1.54) is 11.1 Å². The minimum atomic E-state index is 0.129. The number of unbranched alkanes of at least 4 members (excludes halogenated alkanes) is 2. The Kier molecular flexibility index (Phi) is 9.62. The summed E-state index contributed by atoms with van der Waals surface area (Å²) >= 11 is 7.93. The average molecular weight is 471 g/mol. The number of aryl methyl sites for hydroxylation is 2. The van der Waals surface area contributed by atoms with E-state index in [0.717, 1.165) is 61.1 Å². The number of benzene rings is 2. The van der Waals surface area contributed by atoms with Crippen LogP contribution in [0.3, 0.4) is 0 Å². The van der Waals surface area contributed by atoms with Gasteiger partial charge in [-0.2, -0.15) is 0 Å². The standard InChI is InChI=1S/C25H31ClN4OS/c1-3-4-16-27-24(31)11-6-5-10-23-28-29-25(30(23)22-9-7-8-21(26)17-22)32-18-20-14-12-19(2)13-15-20/h7-9,12-15,17H,3-6,10-11,16,18H2,1-2H3,(H,27,31). The van der Waals surface area contributed by atoms with E-state index in [2.05, 4.69) is 58.2 Å². The van der Waals surface area contributed by atoms with E-state index in [4.69, 9.17) is 11.6 Å². The monoisotopic (exact) mass is 470 g/mol. The highest BCUT2D eigenvalue weighted by molar-refractivity contribution is 7.98. The van der Waals surface area contributed by atoms with Crippen molar-refractivity contribution in [2.24, 2.45) is 0 Å². The van der Waals surface area contributed by atoms with Crippen LogP contribution in [0.4, 0.5) is 0 Å². The van der Waals surface area contributed by atoms with Crippen LogP contribution < -0.4 is 5.32 Å². The maximum Gasteiger partial charge on any atom is 0.219 e. The number of amides is 1. The molecule has 0 aliphatic carbocycles. The summed E-state index contributed by atoms with van der Waals surface area (Å²) in [5, 5.41) is 13.5. The molecule has 0 spiro atoms. The molecule has 1 amide bonds. The van der Waals surface area contributed by atoms with Gasteiger partial charge in [0.15, 0.2) is 5.16 Å². The highest BCUT2D eigenvalue weighted by atomic mass is 35.5. The summed E-state index contributed by atoms with van der Waals surface area (Å²) in [6, 6.07) is 16.3. The molecule has 0 atom stereocenters. The maximum absolute atomic E-state index is 11.9. The van der Waals surface area contributed by atoms with Crippen molar-refractivity contribution in [3.63, 3.8) is 0 Å². The third kappa shape index (κ3) is 7.38. The van der Waals surface area contributed by atoms with Crippen LogP contribution in [0, 0.1) is 6.92 Å². The van der Waals surface area contributed by atoms with Gasteiger partial charge in [0.1, 0.15) is 5.82 Å². The number of nitrogens with zero attached hydrogens (tertiary/aromatic N) is 3. The van der Waals surface area contributed by atoms with E-state index in [1.807, 2.05) is 24.3 Å². The number of nitrogens with one attached hydrogen (secondary N) is 1. The number of aromatic nitrogens is 3. The van der Waals surface area contributed by atoms with Gasteiger partial charge in [-0.05, 0) is 49.9 Å². The largest absolute Gasteiger partial charge is 0.356 e. The summed E-state index contributed by atoms with van der Waals surface area (Å²) in [5.74, 6) is 1.84. The van der Waals surface area contributed by atoms with Crippen LogP contribution in [-0.4, -0.2) is 27.2 Å². The molecule has 1 heterocycles. The quantitative estimate of drug-likeness (QED) is 0.254. The molecular formula is C25H31ClN4OS. The van der Waals surface area contributed by atoms with Gasteiger partial charge in [-0.1, -0.05) is 72.6 Å². The van der Waals surface area contributed by atoms with Crippen molar-refractivity contribution in [1.29, 1.82) is 0 Å². The highest BCUT2D eigenvalue weighted by Crippen LogP contribution is 2.27. The van der Waals surface area contributed by atoms with E-state index in [9.17, 15) is 4.79 Å². The van der Waals surface area contributed by atoms with Gasteiger partial charge in [-0.25, -0.2) is 0 Å². The van der Waals surface area contributed by atoms with E-state index in [0.29, 0.717) is 11.4 Å². The zero-order valence-corrected chi connectivity index (χ0v) is 20.4. The van der Waals surface area contributed by atoms with Crippen molar-refractivity contribution < 1.29 is 4.79 Å². The molecule has 3 aromatic rings. The molecule has 0 fully saturated rings. The SMILES string of the molecule is CCCCNC(=O)CCCCc1nnc(SCc2ccc(C)cc2)n1-c1cccc(Cl)c1. The van der Waals surface area contributed by atoms with E-state index >= 15 is 0 Å². The summed E-state index contributed by atoms with van der Waals surface area (Å²) in [4.78, 5) is 11.9. The Bertz CT molecular complexity index is 1000. The third-order valence-electron chi connectivity index (χ3n) is 5.16. The first-order valence-electron chi connectivity index (χ1n) is 11.2. The van der Waals surface area contributed by atoms with Gasteiger partial charge in [0.05, 0.1) is 5.69 Å². The van der Waals surface area contributed by atoms with Gasteiger partial charge < -0.3 is 5.32 Å². The Morgan fingerprint density at radius 1 is 1.09 bits per heavy atom. The zero-order chi connectivity index (χ0) is 22.8. The van der Waals surface area contributed by atoms with E-state index in [-0.39, 0.29) is 5.91 Å². The van der Waals surface area contributed by atoms with Crippen LogP contribution in [-0.2, 0) is 17.0 Å². The molecule has 7 heteroatoms. The fourth-order valence-corrected chi connectivity index (χ4v) is 4.44. The molecule has 5 nitrogen and oxygen atoms in total. The molecule has 1 aromatic heterocycles. The van der Waals surface area contributed by atoms with E-state index in [1.54, 1.807) is 11.8 Å². The summed E-state index contributed by atoms with van der Waals surface area (Å²) in [6.45, 7) is 4.98. The number of carbonyl (C=O) groups excluding carboxylic acids is 1. The fraction of sp³-hybridized carbons (Fsp3) is 0.400. The van der Waals surface area contributed by atoms with Gasteiger partial charge in [0, 0.05) is 30.2 Å². The molecule has 0 aliphatic heterocycles. The summed E-state index contributed by atoms with van der Waals surface area (Å²) < 4.78 is 2.09. The predicted molar refractivity (Wildman–Crippen MR) is 133 cm³/mol. The molecule has 1 N–H and O–H groups in total. The Hall–Kier alpha value is -2.31. The van der Waals surface area contributed by atoms with Gasteiger partial charge in [0.25, 0.3) is 0 Å². The molecule has 32 heavy (non-hydrogen) atoms. The number of halogens is 1. The Morgan fingerprint density at radius 2 is 1.91 bits per heavy atom. The van der Waals surface area contributed by atoms with Crippen LogP contribution in [0.5, 0.6) is 0 Å². The summed E-state index contributed by atoms with van der Waals surface area (Å²) in [5.41, 5.74) is 3.46. The predicted octanol–water partition coefficient (Wildman–Crippen LogP) is 6.15. The number of rotatable bonds is 12. The van der Waals surface area contributed by atoms with Gasteiger partial charge in [-0.3, -0.25) is 9.36 Å². The molecule has 0 saturated carbocycles. The fourth-order valence-electron chi connectivity index (χ4n) is 3.32. The number of thioether (sulfide) groups is 1. The molecule has 0 aliphatic rings. The van der Waals surface area contributed by atoms with Crippen LogP contribution >= 0.6 is 23.4 Å². The molecule has 2 aromatic carbocycles. The summed E-state index contributed by atoms with van der Waals surface area (Å²) in [6.07, 6.45) is 5.12. The number of hydrogen-bond acceptors (Lipinski definition) is 4. The lowest BCUT2D eigenvalue weighted by atomic mass is 10.1. The number of carbonyl (C=O) groups is 1. The van der Waals surface area contributed by atoms with Crippen molar-refractivity contribution in [2.75, 3.05) is 6.54 Å². The lowest BCUT2D eigenvalue weighted by Gasteiger charge is -2.11. The van der Waals surface area contributed by atoms with Gasteiger partial charge in [-0.15, -0.1) is 10.2 Å². The topological polar surface area (TPSA) is 59.8 Å². The minimum absolute atomic E-state index is 0.129. The first-order chi connectivity index (χ1) is 15.6. The van der Waals surface area contributed by atoms with Crippen molar-refractivity contribution >= 4 is 29.3 Å². The highest BCUT2D eigenvalue weighted by Gasteiger charge is 2.15. The second kappa shape index (κ2) is 12.7. The van der Waals surface area contributed by atoms with Gasteiger partial charge in [0.2, 0.25) is 5.91 Å². The normalized spacial score (nSPS) is 11.0. The first kappa shape index (κ1) is 24.3. The lowest BCUT2D eigenvalue weighted by Crippen LogP contribution is -2.23. The smallest absolute Gasteiger partial charge is 0.219 e. The van der Waals surface area contributed by atoms with Crippen LogP contribution in [0.2, 0.25) is 5.02 Å². The van der Waals surface area contributed by atoms with Crippen molar-refractivity contribution in [3.05, 3.63) is 70.5 Å². The van der Waals surface area contributed by atoms with Crippen molar-refractivity contribution in [1.82, 2.24) is 20.1 Å². The number of hydrogen-bond donors (Lipinski definition) is 1. The van der Waals surface area contributed by atoms with Gasteiger partial charge >= 0.3 is 0 Å². The Balaban J connectivity index is 1.66. The second-order valence-corrected chi connectivity index (χ2v) is 9.28. The Labute approximate surface area is 200 Å². The average Bonchev–Trinajstić information content (AvgIpc) is 3.19. The lowest BCUT2D eigenvalue weighted by molar-refractivity contribution is -0.121. The Morgan fingerprint density at radius 3 is 2.66 bits per heavy atom. The molecule has 0 unspecified atom stereocenters. The molecule has 0 radical (unpaired) electrons. The van der Waals surface area contributed by atoms with Crippen molar-refractivity contribution in [2.45, 2.75) is 63.3 Å². The summed E-state index contributed by atoms with van der Waals surface area (Å²) in [7, 11) is 0. The van der Waals surface area contributed by atoms with Crippen LogP contribution in [0.15, 0.2) is 53.7 Å². The molecule has 0 bridgehead atoms. The second-order valence-electron chi connectivity index (χ2n) is 7.90. The first-order valence-corrected chi connectivity index (χ1v) is 12.6. The zero-order valence-electron chi connectivity index (χ0n) is 18.8.